The number of rotatable bonds is 9. The highest BCUT2D eigenvalue weighted by Crippen LogP contribution is 2.50. The third-order valence-corrected chi connectivity index (χ3v) is 7.00. The lowest BCUT2D eigenvalue weighted by atomic mass is 9.58. The molecular formula is C24H47NO2. The maximum atomic E-state index is 6.47. The van der Waals surface area contributed by atoms with E-state index in [0.29, 0.717) is 6.04 Å². The monoisotopic (exact) mass is 381 g/mol. The summed E-state index contributed by atoms with van der Waals surface area (Å²) in [5, 5.41) is 3.77. The van der Waals surface area contributed by atoms with Gasteiger partial charge in [-0.3, -0.25) is 0 Å². The molecule has 1 unspecified atom stereocenters. The van der Waals surface area contributed by atoms with Gasteiger partial charge in [-0.2, -0.15) is 0 Å². The van der Waals surface area contributed by atoms with Crippen molar-refractivity contribution < 1.29 is 9.47 Å². The summed E-state index contributed by atoms with van der Waals surface area (Å²) in [5.74, 6) is 3.13. The van der Waals surface area contributed by atoms with Gasteiger partial charge in [0.15, 0.2) is 0 Å². The number of ether oxygens (including phenoxy) is 2. The topological polar surface area (TPSA) is 30.5 Å². The third-order valence-electron chi connectivity index (χ3n) is 7.00. The lowest BCUT2D eigenvalue weighted by Crippen LogP contribution is -2.53. The van der Waals surface area contributed by atoms with Gasteiger partial charge in [0.05, 0.1) is 12.7 Å². The second-order valence-electron chi connectivity index (χ2n) is 11.4. The maximum Gasteiger partial charge on any atom is 0.109 e. The van der Waals surface area contributed by atoms with Crippen LogP contribution in [0.15, 0.2) is 0 Å². The van der Waals surface area contributed by atoms with Crippen LogP contribution in [-0.4, -0.2) is 30.9 Å². The molecule has 0 bridgehead atoms. The zero-order valence-electron chi connectivity index (χ0n) is 20.5. The summed E-state index contributed by atoms with van der Waals surface area (Å²) < 4.78 is 11.4. The van der Waals surface area contributed by atoms with Gasteiger partial charge >= 0.3 is 0 Å². The highest BCUT2D eigenvalue weighted by Gasteiger charge is 2.48. The van der Waals surface area contributed by atoms with Gasteiger partial charge in [-0.1, -0.05) is 54.4 Å². The first-order valence-electron chi connectivity index (χ1n) is 10.3. The molecule has 0 aromatic carbocycles. The Kier molecular flexibility index (Phi) is 8.94. The van der Waals surface area contributed by atoms with Crippen LogP contribution >= 0.6 is 0 Å². The molecule has 0 aliphatic carbocycles. The van der Waals surface area contributed by atoms with Crippen molar-refractivity contribution in [1.29, 1.82) is 0 Å². The number of nitrogens with one attached hydrogen (secondary N) is 1. The molecule has 0 amide bonds. The van der Waals surface area contributed by atoms with E-state index in [2.05, 4.69) is 100 Å². The maximum absolute atomic E-state index is 6.47. The van der Waals surface area contributed by atoms with Crippen LogP contribution in [0, 0.1) is 28.3 Å². The highest BCUT2D eigenvalue weighted by molar-refractivity contribution is 5.05. The molecule has 0 aromatic rings. The Morgan fingerprint density at radius 2 is 1.41 bits per heavy atom. The Balaban J connectivity index is 4.95. The van der Waals surface area contributed by atoms with E-state index in [4.69, 9.17) is 9.47 Å². The second kappa shape index (κ2) is 9.19. The van der Waals surface area contributed by atoms with Crippen LogP contribution in [0.4, 0.5) is 0 Å². The van der Waals surface area contributed by atoms with E-state index in [-0.39, 0.29) is 27.4 Å². The average Bonchev–Trinajstić information content (AvgIpc) is 2.44. The summed E-state index contributed by atoms with van der Waals surface area (Å²) in [6.07, 6.45) is 4.47. The minimum atomic E-state index is -0.267. The number of methoxy groups -OCH3 is 1. The lowest BCUT2D eigenvalue weighted by molar-refractivity contribution is -0.145. The van der Waals surface area contributed by atoms with Crippen molar-refractivity contribution in [1.82, 2.24) is 5.32 Å². The fourth-order valence-corrected chi connectivity index (χ4v) is 2.98. The Labute approximate surface area is 170 Å². The van der Waals surface area contributed by atoms with E-state index < -0.39 is 0 Å². The molecule has 0 fully saturated rings. The van der Waals surface area contributed by atoms with Crippen molar-refractivity contribution in [3.63, 3.8) is 0 Å². The van der Waals surface area contributed by atoms with E-state index in [1.165, 1.54) is 0 Å². The molecule has 0 aliphatic rings. The van der Waals surface area contributed by atoms with E-state index in [0.717, 1.165) is 19.4 Å². The summed E-state index contributed by atoms with van der Waals surface area (Å²) in [6, 6.07) is 0.440. The molecule has 0 aliphatic heterocycles. The molecule has 0 heterocycles. The largest absolute Gasteiger partial charge is 0.450 e. The first-order chi connectivity index (χ1) is 11.9. The molecule has 0 saturated carbocycles. The van der Waals surface area contributed by atoms with Gasteiger partial charge in [0.1, 0.15) is 6.11 Å². The minimum Gasteiger partial charge on any atom is -0.450 e. The van der Waals surface area contributed by atoms with Crippen LogP contribution < -0.4 is 5.32 Å². The molecule has 0 saturated heterocycles. The van der Waals surface area contributed by atoms with Gasteiger partial charge in [-0.15, -0.1) is 0 Å². The summed E-state index contributed by atoms with van der Waals surface area (Å²) in [5.41, 5.74) is -0.0504. The van der Waals surface area contributed by atoms with Gasteiger partial charge in [0, 0.05) is 24.6 Å². The molecule has 3 nitrogen and oxygen atoms in total. The number of hydrogen-bond donors (Lipinski definition) is 1. The average molecular weight is 382 g/mol. The molecule has 0 spiro atoms. The molecule has 0 aromatic heterocycles. The van der Waals surface area contributed by atoms with Crippen LogP contribution in [0.25, 0.3) is 0 Å². The fraction of sp³-hybridized carbons (Fsp3) is 0.917. The molecule has 0 rings (SSSR count). The Bertz CT molecular complexity index is 513. The quantitative estimate of drug-likeness (QED) is 0.495. The van der Waals surface area contributed by atoms with Crippen LogP contribution in [0.3, 0.4) is 0 Å². The van der Waals surface area contributed by atoms with Crippen molar-refractivity contribution in [2.75, 3.05) is 13.7 Å². The fourth-order valence-electron chi connectivity index (χ4n) is 2.98. The Morgan fingerprint density at radius 3 is 1.85 bits per heavy atom. The van der Waals surface area contributed by atoms with Gasteiger partial charge < -0.3 is 14.8 Å². The van der Waals surface area contributed by atoms with E-state index in [1.807, 2.05) is 0 Å². The third kappa shape index (κ3) is 7.66. The summed E-state index contributed by atoms with van der Waals surface area (Å²) in [4.78, 5) is 0. The second-order valence-corrected chi connectivity index (χ2v) is 11.4. The standard InChI is InChI=1S/C24H47NO2/c1-19(20(2,3)4)25-22(7,8)16-18-27-24(11,12)23(9,10)21(5,6)15-14-17-26-13/h19,25H,15-16,18H2,1-13H3. The normalized spacial score (nSPS) is 15.1. The van der Waals surface area contributed by atoms with Crippen molar-refractivity contribution in [2.24, 2.45) is 16.2 Å². The van der Waals surface area contributed by atoms with Crippen molar-refractivity contribution >= 4 is 0 Å². The van der Waals surface area contributed by atoms with E-state index in [9.17, 15) is 0 Å². The molecule has 1 N–H and O–H groups in total. The van der Waals surface area contributed by atoms with E-state index >= 15 is 0 Å². The van der Waals surface area contributed by atoms with Gasteiger partial charge in [-0.05, 0) is 57.3 Å². The van der Waals surface area contributed by atoms with Gasteiger partial charge in [0.25, 0.3) is 0 Å². The van der Waals surface area contributed by atoms with Gasteiger partial charge in [-0.25, -0.2) is 0 Å². The predicted octanol–water partition coefficient (Wildman–Crippen LogP) is 6.02. The van der Waals surface area contributed by atoms with Crippen LogP contribution in [-0.2, 0) is 9.47 Å². The molecular weight excluding hydrogens is 334 g/mol. The van der Waals surface area contributed by atoms with Crippen molar-refractivity contribution in [3.8, 4) is 12.0 Å². The minimum absolute atomic E-state index is 0.00343. The smallest absolute Gasteiger partial charge is 0.109 e. The van der Waals surface area contributed by atoms with Crippen LogP contribution in [0.5, 0.6) is 0 Å². The van der Waals surface area contributed by atoms with Gasteiger partial charge in [0.2, 0.25) is 0 Å². The lowest BCUT2D eigenvalue weighted by Gasteiger charge is -2.51. The zero-order chi connectivity index (χ0) is 21.7. The Hall–Kier alpha value is -0.720. The highest BCUT2D eigenvalue weighted by atomic mass is 16.5. The molecule has 0 radical (unpaired) electrons. The van der Waals surface area contributed by atoms with Crippen LogP contribution in [0.1, 0.15) is 95.9 Å². The SMILES string of the molecule is COC#CCC(C)(C)C(C)(C)C(C)(C)OCCC(C)(C)NC(C)C(C)(C)C. The van der Waals surface area contributed by atoms with Crippen molar-refractivity contribution in [3.05, 3.63) is 0 Å². The van der Waals surface area contributed by atoms with E-state index in [1.54, 1.807) is 7.11 Å². The molecule has 1 atom stereocenters. The predicted molar refractivity (Wildman–Crippen MR) is 118 cm³/mol. The molecule has 3 heteroatoms. The Morgan fingerprint density at radius 1 is 0.889 bits per heavy atom. The molecule has 160 valence electrons. The zero-order valence-corrected chi connectivity index (χ0v) is 20.5. The first kappa shape index (κ1) is 26.3. The van der Waals surface area contributed by atoms with Crippen LogP contribution in [0.2, 0.25) is 0 Å². The summed E-state index contributed by atoms with van der Waals surface area (Å²) in [6.45, 7) is 27.9. The van der Waals surface area contributed by atoms with Crippen molar-refractivity contribution in [2.45, 2.75) is 113 Å². The molecule has 27 heavy (non-hydrogen) atoms. The first-order valence-corrected chi connectivity index (χ1v) is 10.3. The summed E-state index contributed by atoms with van der Waals surface area (Å²) in [7, 11) is 1.61. The summed E-state index contributed by atoms with van der Waals surface area (Å²) >= 11 is 0. The number of hydrogen-bond acceptors (Lipinski definition) is 3.